The van der Waals surface area contributed by atoms with Crippen LogP contribution in [0.15, 0.2) is 52.3 Å². The molecule has 94 valence electrons. The number of hydrogen-bond donors (Lipinski definition) is 0. The van der Waals surface area contributed by atoms with Crippen molar-refractivity contribution in [1.82, 2.24) is 0 Å². The van der Waals surface area contributed by atoms with Gasteiger partial charge >= 0.3 is 0 Å². The summed E-state index contributed by atoms with van der Waals surface area (Å²) in [5, 5.41) is 19.7. The van der Waals surface area contributed by atoms with Crippen molar-refractivity contribution in [2.45, 2.75) is 9.79 Å². The third-order valence-electron chi connectivity index (χ3n) is 2.33. The van der Waals surface area contributed by atoms with Gasteiger partial charge in [0.1, 0.15) is 0 Å². The third-order valence-corrected chi connectivity index (χ3v) is 4.07. The van der Waals surface area contributed by atoms with Crippen molar-refractivity contribution in [3.8, 4) is 6.07 Å². The first-order chi connectivity index (χ1) is 9.10. The molecule has 0 spiro atoms. The van der Waals surface area contributed by atoms with Gasteiger partial charge in [-0.2, -0.15) is 5.26 Å². The average Bonchev–Trinajstić information content (AvgIpc) is 2.41. The molecule has 0 aromatic heterocycles. The van der Waals surface area contributed by atoms with Gasteiger partial charge in [0.2, 0.25) is 0 Å². The summed E-state index contributed by atoms with van der Waals surface area (Å²) in [4.78, 5) is 12.1. The second-order valence-corrected chi connectivity index (χ2v) is 5.97. The van der Waals surface area contributed by atoms with Crippen LogP contribution in [-0.4, -0.2) is 4.92 Å². The first-order valence-corrected chi connectivity index (χ1v) is 7.11. The molecule has 0 aliphatic rings. The van der Waals surface area contributed by atoms with Gasteiger partial charge in [0, 0.05) is 14.5 Å². The predicted octanol–water partition coefficient (Wildman–Crippen LogP) is 4.22. The Morgan fingerprint density at radius 1 is 1.21 bits per heavy atom. The van der Waals surface area contributed by atoms with Crippen LogP contribution in [-0.2, 0) is 0 Å². The summed E-state index contributed by atoms with van der Waals surface area (Å²) in [6, 6.07) is 14.1. The van der Waals surface area contributed by atoms with Crippen LogP contribution < -0.4 is 0 Å². The number of rotatable bonds is 3. The standard InChI is InChI=1S/C13H7IN2O2S/c14-10-3-6-13(12(7-10)16(17)18)19-11-4-1-9(8-15)2-5-11/h1-7H. The van der Waals surface area contributed by atoms with Crippen molar-refractivity contribution in [1.29, 1.82) is 5.26 Å². The molecule has 4 nitrogen and oxygen atoms in total. The van der Waals surface area contributed by atoms with E-state index in [1.54, 1.807) is 36.4 Å². The molecule has 0 heterocycles. The normalized spacial score (nSPS) is 9.89. The Kier molecular flexibility index (Phi) is 4.39. The summed E-state index contributed by atoms with van der Waals surface area (Å²) < 4.78 is 0.827. The lowest BCUT2D eigenvalue weighted by molar-refractivity contribution is -0.387. The highest BCUT2D eigenvalue weighted by Crippen LogP contribution is 2.35. The number of nitro benzene ring substituents is 1. The SMILES string of the molecule is N#Cc1ccc(Sc2ccc(I)cc2[N+](=O)[O-])cc1. The van der Waals surface area contributed by atoms with Crippen molar-refractivity contribution < 1.29 is 4.92 Å². The maximum atomic E-state index is 11.0. The first-order valence-electron chi connectivity index (χ1n) is 5.22. The summed E-state index contributed by atoms with van der Waals surface area (Å²) in [6.07, 6.45) is 0. The van der Waals surface area contributed by atoms with Crippen LogP contribution in [0, 0.1) is 25.0 Å². The van der Waals surface area contributed by atoms with E-state index in [1.807, 2.05) is 34.7 Å². The van der Waals surface area contributed by atoms with Crippen LogP contribution in [0.5, 0.6) is 0 Å². The van der Waals surface area contributed by atoms with Gasteiger partial charge in [-0.1, -0.05) is 11.8 Å². The molecule has 2 aromatic rings. The highest BCUT2D eigenvalue weighted by molar-refractivity contribution is 14.1. The average molecular weight is 382 g/mol. The van der Waals surface area contributed by atoms with Crippen LogP contribution in [0.1, 0.15) is 5.56 Å². The molecule has 0 saturated carbocycles. The Hall–Kier alpha value is -1.59. The van der Waals surface area contributed by atoms with Gasteiger partial charge in [-0.3, -0.25) is 10.1 Å². The van der Waals surface area contributed by atoms with E-state index in [9.17, 15) is 10.1 Å². The van der Waals surface area contributed by atoms with Gasteiger partial charge < -0.3 is 0 Å². The van der Waals surface area contributed by atoms with Crippen LogP contribution in [0.2, 0.25) is 0 Å². The number of halogens is 1. The molecule has 0 bridgehead atoms. The Bertz CT molecular complexity index is 665. The van der Waals surface area contributed by atoms with Crippen LogP contribution in [0.3, 0.4) is 0 Å². The number of nitro groups is 1. The zero-order valence-electron chi connectivity index (χ0n) is 9.54. The molecule has 0 aliphatic heterocycles. The summed E-state index contributed by atoms with van der Waals surface area (Å²) in [6.45, 7) is 0. The molecule has 0 fully saturated rings. The first kappa shape index (κ1) is 13.8. The van der Waals surface area contributed by atoms with E-state index in [1.165, 1.54) is 11.8 Å². The maximum absolute atomic E-state index is 11.0. The van der Waals surface area contributed by atoms with Crippen LogP contribution in [0.4, 0.5) is 5.69 Å². The van der Waals surface area contributed by atoms with Crippen LogP contribution >= 0.6 is 34.4 Å². The molecular weight excluding hydrogens is 375 g/mol. The fraction of sp³-hybridized carbons (Fsp3) is 0. The van der Waals surface area contributed by atoms with E-state index in [2.05, 4.69) is 0 Å². The third kappa shape index (κ3) is 3.45. The highest BCUT2D eigenvalue weighted by Gasteiger charge is 2.15. The van der Waals surface area contributed by atoms with E-state index in [4.69, 9.17) is 5.26 Å². The van der Waals surface area contributed by atoms with E-state index in [-0.39, 0.29) is 10.6 Å². The maximum Gasteiger partial charge on any atom is 0.284 e. The summed E-state index contributed by atoms with van der Waals surface area (Å²) in [5.41, 5.74) is 0.669. The van der Waals surface area contributed by atoms with E-state index < -0.39 is 0 Å². The van der Waals surface area contributed by atoms with Gasteiger partial charge in [0.25, 0.3) is 5.69 Å². The van der Waals surface area contributed by atoms with Gasteiger partial charge in [-0.15, -0.1) is 0 Å². The topological polar surface area (TPSA) is 66.9 Å². The summed E-state index contributed by atoms with van der Waals surface area (Å²) in [7, 11) is 0. The molecule has 0 N–H and O–H groups in total. The molecule has 0 unspecified atom stereocenters. The Balaban J connectivity index is 2.32. The largest absolute Gasteiger partial charge is 0.284 e. The number of nitriles is 1. The van der Waals surface area contributed by atoms with Gasteiger partial charge in [-0.05, 0) is 59.0 Å². The van der Waals surface area contributed by atoms with Crippen molar-refractivity contribution >= 4 is 40.0 Å². The van der Waals surface area contributed by atoms with Crippen molar-refractivity contribution in [2.24, 2.45) is 0 Å². The molecule has 2 aromatic carbocycles. The zero-order valence-corrected chi connectivity index (χ0v) is 12.5. The Morgan fingerprint density at radius 2 is 1.89 bits per heavy atom. The van der Waals surface area contributed by atoms with Crippen LogP contribution in [0.25, 0.3) is 0 Å². The second kappa shape index (κ2) is 6.04. The minimum atomic E-state index is -0.381. The molecule has 0 saturated heterocycles. The van der Waals surface area contributed by atoms with Gasteiger partial charge in [0.15, 0.2) is 0 Å². The van der Waals surface area contributed by atoms with Gasteiger partial charge in [0.05, 0.1) is 21.5 Å². The number of nitrogens with zero attached hydrogens (tertiary/aromatic N) is 2. The molecule has 0 amide bonds. The minimum absolute atomic E-state index is 0.0984. The summed E-state index contributed by atoms with van der Waals surface area (Å²) >= 11 is 3.36. The fourth-order valence-electron chi connectivity index (χ4n) is 1.44. The van der Waals surface area contributed by atoms with Crippen molar-refractivity contribution in [3.63, 3.8) is 0 Å². The highest BCUT2D eigenvalue weighted by atomic mass is 127. The molecule has 0 atom stereocenters. The van der Waals surface area contributed by atoms with Gasteiger partial charge in [-0.25, -0.2) is 0 Å². The second-order valence-electron chi connectivity index (χ2n) is 3.61. The Morgan fingerprint density at radius 3 is 2.47 bits per heavy atom. The molecule has 0 radical (unpaired) electrons. The molecular formula is C13H7IN2O2S. The lowest BCUT2D eigenvalue weighted by Crippen LogP contribution is -1.91. The molecule has 19 heavy (non-hydrogen) atoms. The smallest absolute Gasteiger partial charge is 0.258 e. The minimum Gasteiger partial charge on any atom is -0.258 e. The zero-order chi connectivity index (χ0) is 13.8. The van der Waals surface area contributed by atoms with E-state index in [0.29, 0.717) is 10.5 Å². The quantitative estimate of drug-likeness (QED) is 0.453. The number of benzene rings is 2. The lowest BCUT2D eigenvalue weighted by Gasteiger charge is -2.03. The molecule has 2 rings (SSSR count). The molecule has 0 aliphatic carbocycles. The van der Waals surface area contributed by atoms with E-state index >= 15 is 0 Å². The summed E-state index contributed by atoms with van der Waals surface area (Å²) in [5.74, 6) is 0. The van der Waals surface area contributed by atoms with Crippen molar-refractivity contribution in [3.05, 3.63) is 61.7 Å². The monoisotopic (exact) mass is 382 g/mol. The van der Waals surface area contributed by atoms with Crippen molar-refractivity contribution in [2.75, 3.05) is 0 Å². The number of hydrogen-bond acceptors (Lipinski definition) is 4. The predicted molar refractivity (Wildman–Crippen MR) is 81.1 cm³/mol. The Labute approximate surface area is 127 Å². The lowest BCUT2D eigenvalue weighted by atomic mass is 10.2. The van der Waals surface area contributed by atoms with E-state index in [0.717, 1.165) is 8.47 Å². The molecule has 6 heteroatoms. The fourth-order valence-corrected chi connectivity index (χ4v) is 2.82.